The lowest BCUT2D eigenvalue weighted by molar-refractivity contribution is 0.180. The normalized spacial score (nSPS) is 16.5. The highest BCUT2D eigenvalue weighted by Crippen LogP contribution is 2.44. The summed E-state index contributed by atoms with van der Waals surface area (Å²) in [6.45, 7) is 0.870. The number of hydrogen-bond acceptors (Lipinski definition) is 3. The molecule has 2 aromatic carbocycles. The number of methoxy groups -OCH3 is 1. The summed E-state index contributed by atoms with van der Waals surface area (Å²) in [5, 5.41) is 4.33. The van der Waals surface area contributed by atoms with Gasteiger partial charge in [-0.1, -0.05) is 24.3 Å². The molecule has 1 aliphatic heterocycles. The van der Waals surface area contributed by atoms with Crippen molar-refractivity contribution in [2.75, 3.05) is 7.11 Å². The number of urea groups is 1. The van der Waals surface area contributed by atoms with Gasteiger partial charge in [0.25, 0.3) is 0 Å². The first kappa shape index (κ1) is 22.9. The maximum atomic E-state index is 13.8. The predicted octanol–water partition coefficient (Wildman–Crippen LogP) is 6.38. The molecule has 184 valence electrons. The second-order valence-electron chi connectivity index (χ2n) is 9.39. The van der Waals surface area contributed by atoms with Gasteiger partial charge in [0, 0.05) is 23.2 Å². The van der Waals surface area contributed by atoms with Crippen molar-refractivity contribution in [2.45, 2.75) is 44.8 Å². The minimum atomic E-state index is -0.285. The molecular formula is C29H28FN3O2S. The summed E-state index contributed by atoms with van der Waals surface area (Å²) in [5.74, 6) is 0.496. The second kappa shape index (κ2) is 9.47. The van der Waals surface area contributed by atoms with Crippen LogP contribution >= 0.6 is 11.3 Å². The number of halogens is 1. The van der Waals surface area contributed by atoms with Gasteiger partial charge in [0.05, 0.1) is 25.4 Å². The number of carbonyl (C=O) groups excluding carboxylic acids is 1. The van der Waals surface area contributed by atoms with E-state index < -0.39 is 0 Å². The van der Waals surface area contributed by atoms with Crippen molar-refractivity contribution < 1.29 is 13.9 Å². The van der Waals surface area contributed by atoms with Gasteiger partial charge in [-0.25, -0.2) is 9.18 Å². The number of hydrogen-bond donors (Lipinski definition) is 1. The van der Waals surface area contributed by atoms with Crippen molar-refractivity contribution in [1.82, 2.24) is 14.8 Å². The lowest BCUT2D eigenvalue weighted by Crippen LogP contribution is -2.41. The van der Waals surface area contributed by atoms with Gasteiger partial charge in [0.15, 0.2) is 0 Å². The molecule has 0 spiro atoms. The van der Waals surface area contributed by atoms with E-state index in [1.54, 1.807) is 19.2 Å². The number of nitrogens with zero attached hydrogens (tertiary/aromatic N) is 2. The highest BCUT2D eigenvalue weighted by atomic mass is 32.1. The van der Waals surface area contributed by atoms with Crippen LogP contribution in [-0.2, 0) is 25.9 Å². The Morgan fingerprint density at radius 3 is 2.61 bits per heavy atom. The van der Waals surface area contributed by atoms with Crippen LogP contribution in [0.1, 0.15) is 51.7 Å². The quantitative estimate of drug-likeness (QED) is 0.353. The maximum Gasteiger partial charge on any atom is 0.318 e. The van der Waals surface area contributed by atoms with Gasteiger partial charge in [-0.2, -0.15) is 0 Å². The van der Waals surface area contributed by atoms with E-state index >= 15 is 0 Å². The molecular weight excluding hydrogens is 473 g/mol. The summed E-state index contributed by atoms with van der Waals surface area (Å²) in [6.07, 6.45) is 6.71. The predicted molar refractivity (Wildman–Crippen MR) is 139 cm³/mol. The largest absolute Gasteiger partial charge is 0.497 e. The smallest absolute Gasteiger partial charge is 0.318 e. The van der Waals surface area contributed by atoms with Gasteiger partial charge >= 0.3 is 6.03 Å². The van der Waals surface area contributed by atoms with E-state index in [0.29, 0.717) is 13.1 Å². The third kappa shape index (κ3) is 4.07. The number of rotatable bonds is 4. The van der Waals surface area contributed by atoms with Crippen LogP contribution in [0.4, 0.5) is 9.18 Å². The topological polar surface area (TPSA) is 46.5 Å². The molecule has 0 radical (unpaired) electrons. The zero-order valence-electron chi connectivity index (χ0n) is 20.2. The molecule has 36 heavy (non-hydrogen) atoms. The van der Waals surface area contributed by atoms with E-state index in [0.717, 1.165) is 35.4 Å². The maximum absolute atomic E-state index is 13.8. The van der Waals surface area contributed by atoms with Gasteiger partial charge < -0.3 is 19.5 Å². The summed E-state index contributed by atoms with van der Waals surface area (Å²) in [6, 6.07) is 18.0. The Balaban J connectivity index is 1.42. The van der Waals surface area contributed by atoms with Crippen LogP contribution in [-0.4, -0.2) is 22.6 Å². The minimum Gasteiger partial charge on any atom is -0.497 e. The zero-order valence-corrected chi connectivity index (χ0v) is 21.0. The molecule has 0 saturated carbocycles. The molecule has 4 aromatic rings. The number of aromatic nitrogens is 1. The molecule has 2 aliphatic rings. The van der Waals surface area contributed by atoms with E-state index in [4.69, 9.17) is 4.74 Å². The standard InChI is InChI=1S/C29H28FN3O2S/c1-35-22-14-10-20(11-15-22)27-25-6-4-16-32(25)28-24(23-5-2-3-7-26(23)36-28)18-33(27)29(34)31-17-19-8-12-21(30)13-9-19/h4,6,8-16,27H,2-3,5,7,17-18H2,1H3,(H,31,34). The van der Waals surface area contributed by atoms with Crippen molar-refractivity contribution >= 4 is 17.4 Å². The molecule has 0 fully saturated rings. The van der Waals surface area contributed by atoms with E-state index in [2.05, 4.69) is 28.2 Å². The Morgan fingerprint density at radius 2 is 1.83 bits per heavy atom. The van der Waals surface area contributed by atoms with Crippen LogP contribution in [0, 0.1) is 5.82 Å². The van der Waals surface area contributed by atoms with Gasteiger partial charge in [0.2, 0.25) is 0 Å². The molecule has 5 nitrogen and oxygen atoms in total. The Hall–Kier alpha value is -3.58. The first-order valence-corrected chi connectivity index (χ1v) is 13.2. The van der Waals surface area contributed by atoms with Crippen LogP contribution in [0.2, 0.25) is 0 Å². The molecule has 6 rings (SSSR count). The van der Waals surface area contributed by atoms with Crippen molar-refractivity contribution in [1.29, 1.82) is 0 Å². The third-order valence-corrected chi connectivity index (χ3v) is 8.56. The SMILES string of the molecule is COc1ccc(C2c3cccn3-c3sc4c(c3CN2C(=O)NCc2ccc(F)cc2)CCCC4)cc1. The van der Waals surface area contributed by atoms with Gasteiger partial charge in [-0.05, 0) is 78.8 Å². The molecule has 0 bridgehead atoms. The number of fused-ring (bicyclic) bond motifs is 5. The Labute approximate surface area is 214 Å². The highest BCUT2D eigenvalue weighted by Gasteiger charge is 2.36. The lowest BCUT2D eigenvalue weighted by atomic mass is 9.95. The van der Waals surface area contributed by atoms with Crippen LogP contribution < -0.4 is 10.1 Å². The van der Waals surface area contributed by atoms with Crippen LogP contribution in [0.3, 0.4) is 0 Å². The average Bonchev–Trinajstić information content (AvgIpc) is 3.50. The number of nitrogens with one attached hydrogen (secondary N) is 1. The number of thiophene rings is 1. The summed E-state index contributed by atoms with van der Waals surface area (Å²) in [7, 11) is 1.65. The molecule has 0 saturated heterocycles. The fourth-order valence-electron chi connectivity index (χ4n) is 5.41. The van der Waals surface area contributed by atoms with Crippen LogP contribution in [0.15, 0.2) is 66.9 Å². The molecule has 1 atom stereocenters. The Kier molecular flexibility index (Phi) is 6.01. The fraction of sp³-hybridized carbons (Fsp3) is 0.276. The Morgan fingerprint density at radius 1 is 1.06 bits per heavy atom. The van der Waals surface area contributed by atoms with Crippen molar-refractivity contribution in [2.24, 2.45) is 0 Å². The molecule has 2 aromatic heterocycles. The number of aryl methyl sites for hydroxylation is 1. The molecule has 1 unspecified atom stereocenters. The first-order valence-electron chi connectivity index (χ1n) is 12.4. The molecule has 7 heteroatoms. The van der Waals surface area contributed by atoms with E-state index in [-0.39, 0.29) is 17.9 Å². The summed E-state index contributed by atoms with van der Waals surface area (Å²) < 4.78 is 21.0. The molecule has 1 aliphatic carbocycles. The second-order valence-corrected chi connectivity index (χ2v) is 10.5. The van der Waals surface area contributed by atoms with Gasteiger partial charge in [-0.3, -0.25) is 0 Å². The number of carbonyl (C=O) groups is 1. The number of benzene rings is 2. The monoisotopic (exact) mass is 501 g/mol. The Bertz CT molecular complexity index is 1390. The number of amides is 2. The average molecular weight is 502 g/mol. The third-order valence-electron chi connectivity index (χ3n) is 7.23. The summed E-state index contributed by atoms with van der Waals surface area (Å²) in [4.78, 5) is 17.2. The summed E-state index contributed by atoms with van der Waals surface area (Å²) in [5.41, 5.74) is 5.64. The molecule has 1 N–H and O–H groups in total. The number of ether oxygens (including phenoxy) is 1. The van der Waals surface area contributed by atoms with Gasteiger partial charge in [-0.15, -0.1) is 11.3 Å². The molecule has 3 heterocycles. The van der Waals surface area contributed by atoms with Crippen LogP contribution in [0.5, 0.6) is 5.75 Å². The summed E-state index contributed by atoms with van der Waals surface area (Å²) >= 11 is 1.88. The van der Waals surface area contributed by atoms with E-state index in [1.807, 2.05) is 40.5 Å². The zero-order chi connectivity index (χ0) is 24.6. The fourth-order valence-corrected chi connectivity index (χ4v) is 6.81. The minimum absolute atomic E-state index is 0.142. The van der Waals surface area contributed by atoms with Gasteiger partial charge in [0.1, 0.15) is 16.6 Å². The van der Waals surface area contributed by atoms with Crippen molar-refractivity contribution in [3.63, 3.8) is 0 Å². The van der Waals surface area contributed by atoms with Crippen molar-refractivity contribution in [3.8, 4) is 10.8 Å². The van der Waals surface area contributed by atoms with E-state index in [1.165, 1.54) is 46.0 Å². The van der Waals surface area contributed by atoms with Crippen LogP contribution in [0.25, 0.3) is 5.00 Å². The lowest BCUT2D eigenvalue weighted by Gasteiger charge is -2.31. The first-order chi connectivity index (χ1) is 17.6. The van der Waals surface area contributed by atoms with E-state index in [9.17, 15) is 9.18 Å². The van der Waals surface area contributed by atoms with Crippen molar-refractivity contribution in [3.05, 3.63) is 106 Å². The highest BCUT2D eigenvalue weighted by molar-refractivity contribution is 7.15. The molecule has 2 amide bonds.